The average molecular weight is 871 g/mol. The van der Waals surface area contributed by atoms with E-state index < -0.39 is 0 Å². The van der Waals surface area contributed by atoms with Gasteiger partial charge in [0, 0.05) is 98.0 Å². The van der Waals surface area contributed by atoms with Crippen molar-refractivity contribution in [1.82, 2.24) is 0 Å². The first kappa shape index (κ1) is 47.6. The molecule has 0 amide bonds. The zero-order valence-corrected chi connectivity index (χ0v) is 38.2. The predicted molar refractivity (Wildman–Crippen MR) is 250 cm³/mol. The van der Waals surface area contributed by atoms with Gasteiger partial charge in [0.2, 0.25) is 0 Å². The molecule has 0 aliphatic heterocycles. The Morgan fingerprint density at radius 2 is 0.781 bits per heavy atom. The monoisotopic (exact) mass is 870 g/mol. The number of ether oxygens (including phenoxy) is 4. The zero-order valence-electron chi connectivity index (χ0n) is 38.2. The minimum Gasteiger partial charge on any atom is -0.871 e. The molecular formula is C52H62N4O8. The van der Waals surface area contributed by atoms with Crippen LogP contribution in [-0.4, -0.2) is 139 Å². The molecule has 0 saturated heterocycles. The van der Waals surface area contributed by atoms with Gasteiger partial charge < -0.3 is 39.0 Å². The Balaban J connectivity index is 0.789. The summed E-state index contributed by atoms with van der Waals surface area (Å²) in [6.45, 7) is 11.3. The standard InChI is InChI=1S/C52H62N4O8/c1-7-25-53(3)41-17-9-37(10-18-41)45-49(57)47(50(45)58)39-13-21-43(22-14-39)55(5)27-29-61-31-33-63-35-36-64-34-32-62-30-28-56(6)44-23-15-40(16-24-44)48-51(59)46(52(48)60)38-11-19-42(20-12-38)54(4)26-8-2/h9-24H,7-8,25-36H2,1-6H3. The summed E-state index contributed by atoms with van der Waals surface area (Å²) in [6.07, 6.45) is 17.3. The lowest BCUT2D eigenvalue weighted by molar-refractivity contribution is -0.495. The summed E-state index contributed by atoms with van der Waals surface area (Å²) in [5.74, 6) is -0.833. The van der Waals surface area contributed by atoms with Crippen molar-refractivity contribution < 1.29 is 47.9 Å². The molecule has 0 atom stereocenters. The minimum atomic E-state index is -0.208. The maximum absolute atomic E-state index is 13.0. The highest BCUT2D eigenvalue weighted by Crippen LogP contribution is 2.39. The predicted octanol–water partition coefficient (Wildman–Crippen LogP) is 4.47. The lowest BCUT2D eigenvalue weighted by atomic mass is 9.80. The molecule has 12 nitrogen and oxygen atoms in total. The molecule has 0 bridgehead atoms. The van der Waals surface area contributed by atoms with Crippen molar-refractivity contribution >= 4 is 45.5 Å². The second-order valence-corrected chi connectivity index (χ2v) is 16.1. The number of likely N-dealkylation sites (N-methyl/N-ethyl adjacent to an activating group) is 2. The lowest BCUT2D eigenvalue weighted by Crippen LogP contribution is -2.30. The molecule has 0 aromatic heterocycles. The number of carbonyl (C=O) groups excluding carboxylic acids is 2. The number of benzene rings is 2. The number of anilines is 2. The van der Waals surface area contributed by atoms with E-state index in [0.29, 0.717) is 88.2 Å². The number of ketones is 2. The Morgan fingerprint density at radius 3 is 1.08 bits per heavy atom. The van der Waals surface area contributed by atoms with E-state index >= 15 is 0 Å². The molecule has 64 heavy (non-hydrogen) atoms. The highest BCUT2D eigenvalue weighted by Gasteiger charge is 2.32. The van der Waals surface area contributed by atoms with E-state index in [1.54, 1.807) is 0 Å². The van der Waals surface area contributed by atoms with Gasteiger partial charge >= 0.3 is 0 Å². The van der Waals surface area contributed by atoms with E-state index in [2.05, 4.69) is 32.8 Å². The quantitative estimate of drug-likeness (QED) is 0.0897. The van der Waals surface area contributed by atoms with Crippen molar-refractivity contribution in [3.8, 4) is 0 Å². The van der Waals surface area contributed by atoms with E-state index in [0.717, 1.165) is 48.7 Å². The smallest absolute Gasteiger partial charge is 0.199 e. The molecule has 0 saturated carbocycles. The van der Waals surface area contributed by atoms with Gasteiger partial charge in [-0.25, -0.2) is 9.15 Å². The van der Waals surface area contributed by atoms with Gasteiger partial charge in [0.25, 0.3) is 0 Å². The highest BCUT2D eigenvalue weighted by atomic mass is 16.6. The summed E-state index contributed by atoms with van der Waals surface area (Å²) in [5.41, 5.74) is 7.61. The van der Waals surface area contributed by atoms with Gasteiger partial charge in [0.15, 0.2) is 23.0 Å². The van der Waals surface area contributed by atoms with Gasteiger partial charge in [0.05, 0.1) is 52.9 Å². The van der Waals surface area contributed by atoms with Crippen LogP contribution in [0.25, 0.3) is 11.1 Å². The van der Waals surface area contributed by atoms with Gasteiger partial charge in [-0.15, -0.1) is 0 Å². The summed E-state index contributed by atoms with van der Waals surface area (Å²) in [5, 5.41) is 26.1. The Morgan fingerprint density at radius 1 is 0.469 bits per heavy atom. The molecule has 2 aromatic carbocycles. The Labute approximate surface area is 378 Å². The highest BCUT2D eigenvalue weighted by molar-refractivity contribution is 6.40. The van der Waals surface area contributed by atoms with Gasteiger partial charge in [-0.1, -0.05) is 49.6 Å². The average Bonchev–Trinajstić information content (AvgIpc) is 3.30. The largest absolute Gasteiger partial charge is 0.871 e. The maximum atomic E-state index is 13.0. The van der Waals surface area contributed by atoms with E-state index in [1.165, 1.54) is 0 Å². The van der Waals surface area contributed by atoms with Crippen molar-refractivity contribution in [2.24, 2.45) is 0 Å². The van der Waals surface area contributed by atoms with Crippen LogP contribution in [0.1, 0.15) is 37.8 Å². The van der Waals surface area contributed by atoms with Crippen LogP contribution in [0, 0.1) is 0 Å². The fourth-order valence-electron chi connectivity index (χ4n) is 7.72. The fraction of sp³-hybridized carbons (Fsp3) is 0.385. The van der Waals surface area contributed by atoms with Gasteiger partial charge in [-0.2, -0.15) is 0 Å². The number of hydrogen-bond donors (Lipinski definition) is 0. The van der Waals surface area contributed by atoms with Gasteiger partial charge in [-0.05, 0) is 70.8 Å². The third kappa shape index (κ3) is 11.6. The van der Waals surface area contributed by atoms with Crippen molar-refractivity contribution in [2.75, 3.05) is 117 Å². The van der Waals surface area contributed by atoms with Crippen molar-refractivity contribution in [1.29, 1.82) is 0 Å². The molecular weight excluding hydrogens is 809 g/mol. The zero-order chi connectivity index (χ0) is 45.6. The third-order valence-corrected chi connectivity index (χ3v) is 11.6. The van der Waals surface area contributed by atoms with Crippen LogP contribution in [0.15, 0.2) is 131 Å². The molecule has 6 rings (SSSR count). The van der Waals surface area contributed by atoms with Crippen LogP contribution in [0.5, 0.6) is 0 Å². The number of allylic oxidation sites excluding steroid dienone is 14. The molecule has 0 unspecified atom stereocenters. The molecule has 0 heterocycles. The maximum Gasteiger partial charge on any atom is 0.199 e. The van der Waals surface area contributed by atoms with E-state index in [4.69, 9.17) is 18.9 Å². The molecule has 0 spiro atoms. The van der Waals surface area contributed by atoms with Gasteiger partial charge in [0.1, 0.15) is 27.2 Å². The van der Waals surface area contributed by atoms with E-state index in [-0.39, 0.29) is 45.4 Å². The number of rotatable bonds is 23. The summed E-state index contributed by atoms with van der Waals surface area (Å²) < 4.78 is 27.1. The van der Waals surface area contributed by atoms with Crippen LogP contribution in [0.2, 0.25) is 0 Å². The third-order valence-electron chi connectivity index (χ3n) is 11.6. The van der Waals surface area contributed by atoms with Crippen LogP contribution < -0.4 is 20.0 Å². The fourth-order valence-corrected chi connectivity index (χ4v) is 7.72. The summed E-state index contributed by atoms with van der Waals surface area (Å²) in [7, 11) is 8.00. The Kier molecular flexibility index (Phi) is 17.2. The summed E-state index contributed by atoms with van der Waals surface area (Å²) in [4.78, 5) is 30.2. The summed E-state index contributed by atoms with van der Waals surface area (Å²) in [6, 6.07) is 15.0. The first-order valence-corrected chi connectivity index (χ1v) is 22.3. The topological polar surface area (TPSA) is 130 Å². The number of nitrogens with zero attached hydrogens (tertiary/aromatic N) is 4. The van der Waals surface area contributed by atoms with Crippen molar-refractivity contribution in [2.45, 2.75) is 26.7 Å². The molecule has 4 aliphatic rings. The lowest BCUT2D eigenvalue weighted by Gasteiger charge is -2.32. The number of carbonyl (C=O) groups is 2. The molecule has 0 fully saturated rings. The molecule has 2 aromatic rings. The Hall–Kier alpha value is -5.92. The van der Waals surface area contributed by atoms with Gasteiger partial charge in [-0.3, -0.25) is 9.59 Å². The number of hydrogen-bond acceptors (Lipinski definition) is 10. The number of Topliss-reactive ketones (excluding diaryl/α,β-unsaturated/α-hetero) is 2. The first-order valence-electron chi connectivity index (χ1n) is 22.3. The second kappa shape index (κ2) is 23.1. The van der Waals surface area contributed by atoms with Crippen LogP contribution in [-0.2, 0) is 28.5 Å². The summed E-state index contributed by atoms with van der Waals surface area (Å²) >= 11 is 0. The Bertz CT molecular complexity index is 2160. The first-order chi connectivity index (χ1) is 31.0. The minimum absolute atomic E-state index is 0.208. The van der Waals surface area contributed by atoms with Crippen LogP contribution >= 0.6 is 0 Å². The van der Waals surface area contributed by atoms with Crippen molar-refractivity contribution in [3.63, 3.8) is 0 Å². The van der Waals surface area contributed by atoms with E-state index in [1.807, 2.05) is 125 Å². The molecule has 12 heteroatoms. The SMILES string of the molecule is CCC[N+](C)=C1C=CC(=C2C(=O)C(c3ccc(N(C)CCOCCOCCOCCOCCN(C)c4ccc(C5=C([O-])C(=C6C=CC(=[N+](C)CCC)C=C6)C5=O)cc4)cc3)=C2[O-])C=C1. The molecule has 4 aliphatic carbocycles. The van der Waals surface area contributed by atoms with Crippen molar-refractivity contribution in [3.05, 3.63) is 142 Å². The normalized spacial score (nSPS) is 15.8. The molecule has 0 N–H and O–H groups in total. The second-order valence-electron chi connectivity index (χ2n) is 16.1. The van der Waals surface area contributed by atoms with Crippen LogP contribution in [0.4, 0.5) is 11.4 Å². The van der Waals surface area contributed by atoms with Crippen LogP contribution in [0.3, 0.4) is 0 Å². The molecule has 338 valence electrons. The molecule has 0 radical (unpaired) electrons. The van der Waals surface area contributed by atoms with E-state index in [9.17, 15) is 19.8 Å².